The van der Waals surface area contributed by atoms with Crippen LogP contribution in [0.1, 0.15) is 45.1 Å². The molecule has 5 rings (SSSR count). The van der Waals surface area contributed by atoms with Crippen molar-refractivity contribution >= 4 is 23.1 Å². The minimum Gasteiger partial charge on any atom is -0.461 e. The zero-order valence-electron chi connectivity index (χ0n) is 17.9. The van der Waals surface area contributed by atoms with Crippen molar-refractivity contribution < 1.29 is 9.53 Å². The van der Waals surface area contributed by atoms with Gasteiger partial charge >= 0.3 is 5.97 Å². The van der Waals surface area contributed by atoms with Crippen LogP contribution in [-0.4, -0.2) is 36.6 Å². The number of allylic oxidation sites excluding steroid dienone is 3. The van der Waals surface area contributed by atoms with E-state index < -0.39 is 0 Å². The molecule has 0 bridgehead atoms. The third-order valence-corrected chi connectivity index (χ3v) is 7.91. The fourth-order valence-corrected chi connectivity index (χ4v) is 6.05. The number of halogens is 1. The van der Waals surface area contributed by atoms with E-state index in [9.17, 15) is 4.79 Å². The molecule has 2 heterocycles. The van der Waals surface area contributed by atoms with Gasteiger partial charge in [-0.25, -0.2) is 0 Å². The van der Waals surface area contributed by atoms with Crippen molar-refractivity contribution in [3.8, 4) is 0 Å². The number of benzene rings is 1. The maximum absolute atomic E-state index is 12.8. The number of esters is 1. The van der Waals surface area contributed by atoms with Crippen molar-refractivity contribution in [1.82, 2.24) is 4.90 Å². The topological polar surface area (TPSA) is 29.5 Å². The van der Waals surface area contributed by atoms with Crippen LogP contribution in [0.5, 0.6) is 0 Å². The molecule has 1 saturated heterocycles. The maximum Gasteiger partial charge on any atom is 0.311 e. The summed E-state index contributed by atoms with van der Waals surface area (Å²) in [6, 6.07) is 8.08. The SMILES string of the molecule is CC1=CCC[C@@]2(C)C[C@H]3OC(=O)[C@H](CN4CC=C(c5ccc(Cl)cc5)CC4)[C@@H]3C=C12. The Morgan fingerprint density at radius 2 is 2.03 bits per heavy atom. The molecule has 1 fully saturated rings. The minimum absolute atomic E-state index is 0.00166. The summed E-state index contributed by atoms with van der Waals surface area (Å²) in [5.41, 5.74) is 5.63. The second-order valence-corrected chi connectivity index (χ2v) is 10.1. The quantitative estimate of drug-likeness (QED) is 0.587. The van der Waals surface area contributed by atoms with Crippen molar-refractivity contribution in [3.05, 3.63) is 64.2 Å². The van der Waals surface area contributed by atoms with E-state index in [1.807, 2.05) is 12.1 Å². The van der Waals surface area contributed by atoms with Gasteiger partial charge in [-0.2, -0.15) is 0 Å². The van der Waals surface area contributed by atoms with Crippen LogP contribution in [0.4, 0.5) is 0 Å². The largest absolute Gasteiger partial charge is 0.461 e. The van der Waals surface area contributed by atoms with Gasteiger partial charge in [0.15, 0.2) is 0 Å². The number of carbonyl (C=O) groups is 1. The Balaban J connectivity index is 1.31. The molecule has 0 aromatic heterocycles. The van der Waals surface area contributed by atoms with E-state index in [2.05, 4.69) is 49.1 Å². The normalized spacial score (nSPS) is 33.8. The van der Waals surface area contributed by atoms with E-state index >= 15 is 0 Å². The lowest BCUT2D eigenvalue weighted by Crippen LogP contribution is -2.40. The summed E-state index contributed by atoms with van der Waals surface area (Å²) in [4.78, 5) is 15.2. The summed E-state index contributed by atoms with van der Waals surface area (Å²) in [6.07, 6.45) is 11.4. The van der Waals surface area contributed by atoms with Gasteiger partial charge in [0, 0.05) is 30.6 Å². The first-order valence-corrected chi connectivity index (χ1v) is 11.6. The van der Waals surface area contributed by atoms with E-state index in [4.69, 9.17) is 16.3 Å². The van der Waals surface area contributed by atoms with Crippen molar-refractivity contribution in [2.45, 2.75) is 45.6 Å². The Morgan fingerprint density at radius 1 is 1.23 bits per heavy atom. The zero-order valence-corrected chi connectivity index (χ0v) is 18.6. The highest BCUT2D eigenvalue weighted by Crippen LogP contribution is 2.52. The maximum atomic E-state index is 12.8. The van der Waals surface area contributed by atoms with E-state index in [0.717, 1.165) is 50.3 Å². The molecule has 2 aliphatic heterocycles. The lowest BCUT2D eigenvalue weighted by atomic mass is 9.62. The summed E-state index contributed by atoms with van der Waals surface area (Å²) in [6.45, 7) is 7.22. The highest BCUT2D eigenvalue weighted by Gasteiger charge is 2.51. The van der Waals surface area contributed by atoms with Crippen LogP contribution < -0.4 is 0 Å². The number of hydrogen-bond acceptors (Lipinski definition) is 3. The second kappa shape index (κ2) is 7.69. The summed E-state index contributed by atoms with van der Waals surface area (Å²) in [7, 11) is 0. The van der Waals surface area contributed by atoms with Gasteiger partial charge in [-0.15, -0.1) is 0 Å². The summed E-state index contributed by atoms with van der Waals surface area (Å²) in [5.74, 6) is 0.161. The van der Waals surface area contributed by atoms with Crippen LogP contribution in [0.15, 0.2) is 53.6 Å². The van der Waals surface area contributed by atoms with Gasteiger partial charge in [0.2, 0.25) is 0 Å². The van der Waals surface area contributed by atoms with Crippen molar-refractivity contribution in [3.63, 3.8) is 0 Å². The predicted molar refractivity (Wildman–Crippen MR) is 121 cm³/mol. The number of rotatable bonds is 3. The molecule has 0 radical (unpaired) electrons. The molecule has 0 spiro atoms. The molecule has 1 aromatic carbocycles. The number of fused-ring (bicyclic) bond motifs is 2. The molecule has 0 unspecified atom stereocenters. The molecule has 1 aromatic rings. The Labute approximate surface area is 184 Å². The number of carbonyl (C=O) groups excluding carboxylic acids is 1. The number of ether oxygens (including phenoxy) is 1. The van der Waals surface area contributed by atoms with E-state index in [0.29, 0.717) is 0 Å². The molecule has 158 valence electrons. The first-order valence-electron chi connectivity index (χ1n) is 11.2. The average Bonchev–Trinajstić information content (AvgIpc) is 3.01. The second-order valence-electron chi connectivity index (χ2n) is 9.68. The van der Waals surface area contributed by atoms with Crippen LogP contribution in [0.25, 0.3) is 5.57 Å². The Kier molecular flexibility index (Phi) is 5.15. The Hall–Kier alpha value is -1.84. The molecule has 4 aliphatic rings. The third kappa shape index (κ3) is 3.56. The molecule has 30 heavy (non-hydrogen) atoms. The molecule has 0 amide bonds. The van der Waals surface area contributed by atoms with Gasteiger partial charge in [-0.1, -0.05) is 54.5 Å². The molecule has 4 heteroatoms. The van der Waals surface area contributed by atoms with Gasteiger partial charge in [0.1, 0.15) is 6.10 Å². The van der Waals surface area contributed by atoms with Gasteiger partial charge < -0.3 is 4.74 Å². The molecule has 0 saturated carbocycles. The zero-order chi connectivity index (χ0) is 20.9. The van der Waals surface area contributed by atoms with Gasteiger partial charge in [0.05, 0.1) is 5.92 Å². The summed E-state index contributed by atoms with van der Waals surface area (Å²) in [5, 5.41) is 0.770. The number of hydrogen-bond donors (Lipinski definition) is 0. The number of nitrogens with zero attached hydrogens (tertiary/aromatic N) is 1. The molecule has 2 aliphatic carbocycles. The molecule has 0 N–H and O–H groups in total. The Morgan fingerprint density at radius 3 is 2.77 bits per heavy atom. The third-order valence-electron chi connectivity index (χ3n) is 7.66. The lowest BCUT2D eigenvalue weighted by Gasteiger charge is -2.43. The van der Waals surface area contributed by atoms with Crippen molar-refractivity contribution in [2.24, 2.45) is 17.3 Å². The predicted octanol–water partition coefficient (Wildman–Crippen LogP) is 5.66. The van der Waals surface area contributed by atoms with Gasteiger partial charge in [0.25, 0.3) is 0 Å². The standard InChI is InChI=1S/C26H30ClNO2/c1-17-4-3-11-26(2)15-24-21(14-23(17)26)22(25(29)30-24)16-28-12-9-19(10-13-28)18-5-7-20(27)8-6-18/h4-9,14,21-22,24H,3,10-13,15-16H2,1-2H3/t21-,22+,24+,26-/m0/s1. The van der Waals surface area contributed by atoms with E-state index in [1.54, 1.807) is 0 Å². The lowest BCUT2D eigenvalue weighted by molar-refractivity contribution is -0.145. The van der Waals surface area contributed by atoms with Crippen LogP contribution in [0.2, 0.25) is 5.02 Å². The van der Waals surface area contributed by atoms with Gasteiger partial charge in [-0.05, 0) is 66.9 Å². The first-order chi connectivity index (χ1) is 14.4. The van der Waals surface area contributed by atoms with E-state index in [1.165, 1.54) is 22.3 Å². The summed E-state index contributed by atoms with van der Waals surface area (Å²) < 4.78 is 5.91. The molecular weight excluding hydrogens is 394 g/mol. The van der Waals surface area contributed by atoms with Crippen molar-refractivity contribution in [1.29, 1.82) is 0 Å². The fraction of sp³-hybridized carbons (Fsp3) is 0.500. The molecular formula is C26H30ClNO2. The van der Waals surface area contributed by atoms with Crippen molar-refractivity contribution in [2.75, 3.05) is 19.6 Å². The summed E-state index contributed by atoms with van der Waals surface area (Å²) >= 11 is 6.02. The smallest absolute Gasteiger partial charge is 0.311 e. The van der Waals surface area contributed by atoms with Crippen LogP contribution in [0, 0.1) is 17.3 Å². The minimum atomic E-state index is -0.0488. The van der Waals surface area contributed by atoms with Crippen LogP contribution in [-0.2, 0) is 9.53 Å². The van der Waals surface area contributed by atoms with E-state index in [-0.39, 0.29) is 29.3 Å². The average molecular weight is 424 g/mol. The first kappa shape index (κ1) is 20.1. The Bertz CT molecular complexity index is 944. The molecule has 3 nitrogen and oxygen atoms in total. The fourth-order valence-electron chi connectivity index (χ4n) is 5.92. The van der Waals surface area contributed by atoms with Crippen LogP contribution >= 0.6 is 11.6 Å². The highest BCUT2D eigenvalue weighted by molar-refractivity contribution is 6.30. The molecule has 4 atom stereocenters. The monoisotopic (exact) mass is 423 g/mol. The highest BCUT2D eigenvalue weighted by atomic mass is 35.5. The van der Waals surface area contributed by atoms with Gasteiger partial charge in [-0.3, -0.25) is 9.69 Å². The van der Waals surface area contributed by atoms with Crippen LogP contribution in [0.3, 0.4) is 0 Å².